The van der Waals surface area contributed by atoms with Gasteiger partial charge in [0.25, 0.3) is 5.91 Å². The van der Waals surface area contributed by atoms with Crippen LogP contribution in [0.25, 0.3) is 0 Å². The lowest BCUT2D eigenvalue weighted by atomic mass is 10.1. The Labute approximate surface area is 149 Å². The molecular formula is C20H26N2O3. The van der Waals surface area contributed by atoms with Crippen molar-refractivity contribution in [2.45, 2.75) is 52.2 Å². The van der Waals surface area contributed by atoms with Crippen molar-refractivity contribution in [1.29, 1.82) is 0 Å². The number of furan rings is 1. The molecule has 134 valence electrons. The zero-order valence-electron chi connectivity index (χ0n) is 15.2. The van der Waals surface area contributed by atoms with Crippen molar-refractivity contribution >= 4 is 5.91 Å². The third kappa shape index (κ3) is 4.28. The summed E-state index contributed by atoms with van der Waals surface area (Å²) in [4.78, 5) is 19.0. The highest BCUT2D eigenvalue weighted by atomic mass is 16.5. The number of carbonyl (C=O) groups is 1. The second kappa shape index (κ2) is 7.83. The average Bonchev–Trinajstić information content (AvgIpc) is 3.02. The maximum absolute atomic E-state index is 12.9. The first-order chi connectivity index (χ1) is 12.0. The second-order valence-electron chi connectivity index (χ2n) is 6.92. The molecule has 1 aliphatic heterocycles. The number of amides is 1. The van der Waals surface area contributed by atoms with E-state index in [1.54, 1.807) is 6.20 Å². The monoisotopic (exact) mass is 342 g/mol. The summed E-state index contributed by atoms with van der Waals surface area (Å²) in [5, 5.41) is 0. The fourth-order valence-electron chi connectivity index (χ4n) is 3.12. The molecule has 0 aromatic carbocycles. The van der Waals surface area contributed by atoms with Crippen LogP contribution in [0.5, 0.6) is 0 Å². The van der Waals surface area contributed by atoms with E-state index in [0.717, 1.165) is 30.8 Å². The van der Waals surface area contributed by atoms with Gasteiger partial charge in [-0.25, -0.2) is 0 Å². The molecule has 2 aromatic heterocycles. The van der Waals surface area contributed by atoms with Gasteiger partial charge < -0.3 is 14.1 Å². The molecule has 3 heterocycles. The van der Waals surface area contributed by atoms with Gasteiger partial charge in [0.2, 0.25) is 0 Å². The van der Waals surface area contributed by atoms with Crippen LogP contribution >= 0.6 is 0 Å². The van der Waals surface area contributed by atoms with Crippen molar-refractivity contribution in [2.75, 3.05) is 13.1 Å². The molecule has 1 saturated heterocycles. The maximum Gasteiger partial charge on any atom is 0.257 e. The van der Waals surface area contributed by atoms with Crippen LogP contribution in [0, 0.1) is 6.92 Å². The number of carbonyl (C=O) groups excluding carboxylic acids is 1. The summed E-state index contributed by atoms with van der Waals surface area (Å²) < 4.78 is 11.7. The minimum atomic E-state index is 0.0410. The van der Waals surface area contributed by atoms with E-state index in [-0.39, 0.29) is 17.9 Å². The van der Waals surface area contributed by atoms with Crippen LogP contribution in [0.1, 0.15) is 60.2 Å². The molecule has 1 aliphatic rings. The molecule has 5 heteroatoms. The summed E-state index contributed by atoms with van der Waals surface area (Å²) in [6.45, 7) is 7.86. The highest BCUT2D eigenvalue weighted by Crippen LogP contribution is 2.24. The molecule has 0 radical (unpaired) electrons. The molecule has 5 nitrogen and oxygen atoms in total. The molecule has 0 saturated carbocycles. The Kier molecular flexibility index (Phi) is 5.53. The van der Waals surface area contributed by atoms with E-state index < -0.39 is 0 Å². The number of piperidine rings is 1. The summed E-state index contributed by atoms with van der Waals surface area (Å²) in [5.41, 5.74) is 1.59. The molecule has 0 unspecified atom stereocenters. The zero-order chi connectivity index (χ0) is 17.8. The topological polar surface area (TPSA) is 55.6 Å². The highest BCUT2D eigenvalue weighted by Gasteiger charge is 2.27. The van der Waals surface area contributed by atoms with Gasteiger partial charge >= 0.3 is 0 Å². The fourth-order valence-corrected chi connectivity index (χ4v) is 3.12. The third-order valence-corrected chi connectivity index (χ3v) is 4.59. The van der Waals surface area contributed by atoms with Gasteiger partial charge in [-0.1, -0.05) is 19.9 Å². The van der Waals surface area contributed by atoms with E-state index in [4.69, 9.17) is 9.15 Å². The molecule has 1 atom stereocenters. The van der Waals surface area contributed by atoms with E-state index in [9.17, 15) is 4.79 Å². The summed E-state index contributed by atoms with van der Waals surface area (Å²) in [5.74, 6) is 1.88. The van der Waals surface area contributed by atoms with Gasteiger partial charge in [0, 0.05) is 25.2 Å². The minimum absolute atomic E-state index is 0.0410. The first-order valence-corrected chi connectivity index (χ1v) is 8.95. The lowest BCUT2D eigenvalue weighted by Gasteiger charge is -2.32. The molecule has 1 amide bonds. The highest BCUT2D eigenvalue weighted by molar-refractivity contribution is 5.95. The predicted octanol–water partition coefficient (Wildman–Crippen LogP) is 3.93. The summed E-state index contributed by atoms with van der Waals surface area (Å²) in [6.07, 6.45) is 3.74. The molecule has 2 aromatic rings. The van der Waals surface area contributed by atoms with Crippen LogP contribution in [-0.4, -0.2) is 35.0 Å². The van der Waals surface area contributed by atoms with Gasteiger partial charge in [0.05, 0.1) is 24.0 Å². The predicted molar refractivity (Wildman–Crippen MR) is 95.5 cm³/mol. The normalized spacial score (nSPS) is 17.9. The van der Waals surface area contributed by atoms with E-state index in [0.29, 0.717) is 24.5 Å². The smallest absolute Gasteiger partial charge is 0.257 e. The number of hydrogen-bond acceptors (Lipinski definition) is 4. The summed E-state index contributed by atoms with van der Waals surface area (Å²) in [7, 11) is 0. The van der Waals surface area contributed by atoms with Crippen molar-refractivity contribution in [3.8, 4) is 0 Å². The average molecular weight is 342 g/mol. The zero-order valence-corrected chi connectivity index (χ0v) is 15.2. The first-order valence-electron chi connectivity index (χ1n) is 8.95. The molecule has 0 bridgehead atoms. The van der Waals surface area contributed by atoms with Gasteiger partial charge in [-0.3, -0.25) is 9.78 Å². The molecule has 0 aliphatic carbocycles. The Morgan fingerprint density at radius 3 is 2.96 bits per heavy atom. The number of hydrogen-bond donors (Lipinski definition) is 0. The van der Waals surface area contributed by atoms with Crippen LogP contribution in [0.4, 0.5) is 0 Å². The van der Waals surface area contributed by atoms with E-state index >= 15 is 0 Å². The van der Waals surface area contributed by atoms with E-state index in [1.807, 2.05) is 36.1 Å². The van der Waals surface area contributed by atoms with Crippen molar-refractivity contribution in [3.63, 3.8) is 0 Å². The number of likely N-dealkylation sites (tertiary alicyclic amines) is 1. The molecule has 1 fully saturated rings. The van der Waals surface area contributed by atoms with Crippen LogP contribution in [0.3, 0.4) is 0 Å². The summed E-state index contributed by atoms with van der Waals surface area (Å²) >= 11 is 0. The maximum atomic E-state index is 12.9. The molecule has 25 heavy (non-hydrogen) atoms. The Hall–Kier alpha value is -2.14. The van der Waals surface area contributed by atoms with Crippen LogP contribution < -0.4 is 0 Å². The molecule has 0 spiro atoms. The van der Waals surface area contributed by atoms with Gasteiger partial charge in [0.1, 0.15) is 11.5 Å². The quantitative estimate of drug-likeness (QED) is 0.826. The van der Waals surface area contributed by atoms with E-state index in [1.165, 1.54) is 0 Å². The number of pyridine rings is 1. The Balaban J connectivity index is 1.61. The molecular weight excluding hydrogens is 316 g/mol. The fraction of sp³-hybridized carbons (Fsp3) is 0.500. The number of aryl methyl sites for hydroxylation is 1. The van der Waals surface area contributed by atoms with Crippen LogP contribution in [0.15, 0.2) is 34.9 Å². The Morgan fingerprint density at radius 1 is 1.44 bits per heavy atom. The third-order valence-electron chi connectivity index (χ3n) is 4.59. The Morgan fingerprint density at radius 2 is 2.28 bits per heavy atom. The number of rotatable bonds is 5. The lowest BCUT2D eigenvalue weighted by molar-refractivity contribution is -0.00790. The Bertz CT molecular complexity index is 709. The number of nitrogens with zero attached hydrogens (tertiary/aromatic N) is 2. The van der Waals surface area contributed by atoms with Gasteiger partial charge in [0.15, 0.2) is 0 Å². The van der Waals surface area contributed by atoms with Crippen LogP contribution in [0.2, 0.25) is 0 Å². The SMILES string of the molecule is Cc1oc(C(C)C)cc1C(=O)N1CCC[C@H](OCc2ccccn2)C1. The van der Waals surface area contributed by atoms with Crippen molar-refractivity contribution < 1.29 is 13.9 Å². The second-order valence-corrected chi connectivity index (χ2v) is 6.92. The largest absolute Gasteiger partial charge is 0.465 e. The minimum Gasteiger partial charge on any atom is -0.465 e. The summed E-state index contributed by atoms with van der Waals surface area (Å²) in [6, 6.07) is 7.69. The van der Waals surface area contributed by atoms with E-state index in [2.05, 4.69) is 18.8 Å². The van der Waals surface area contributed by atoms with Gasteiger partial charge in [-0.15, -0.1) is 0 Å². The van der Waals surface area contributed by atoms with Crippen molar-refractivity contribution in [3.05, 3.63) is 53.2 Å². The number of aromatic nitrogens is 1. The standard InChI is InChI=1S/C20H26N2O3/c1-14(2)19-11-18(15(3)25-19)20(23)22-10-6-8-17(12-22)24-13-16-7-4-5-9-21-16/h4-5,7,9,11,14,17H,6,8,10,12-13H2,1-3H3/t17-/m0/s1. The first kappa shape index (κ1) is 17.7. The lowest BCUT2D eigenvalue weighted by Crippen LogP contribution is -2.43. The van der Waals surface area contributed by atoms with Crippen molar-refractivity contribution in [2.24, 2.45) is 0 Å². The molecule has 3 rings (SSSR count). The van der Waals surface area contributed by atoms with Crippen molar-refractivity contribution in [1.82, 2.24) is 9.88 Å². The number of ether oxygens (including phenoxy) is 1. The van der Waals surface area contributed by atoms with Gasteiger partial charge in [-0.05, 0) is 38.0 Å². The molecule has 0 N–H and O–H groups in total. The van der Waals surface area contributed by atoms with Crippen LogP contribution in [-0.2, 0) is 11.3 Å². The van der Waals surface area contributed by atoms with Gasteiger partial charge in [-0.2, -0.15) is 0 Å².